The highest BCUT2D eigenvalue weighted by molar-refractivity contribution is 14.1. The summed E-state index contributed by atoms with van der Waals surface area (Å²) >= 11 is 5.86. The third kappa shape index (κ3) is 4.47. The highest BCUT2D eigenvalue weighted by Crippen LogP contribution is 2.24. The maximum absolute atomic E-state index is 6.08. The fourth-order valence-electron chi connectivity index (χ4n) is 2.07. The van der Waals surface area contributed by atoms with Crippen LogP contribution >= 0.6 is 38.5 Å². The third-order valence-electron chi connectivity index (χ3n) is 3.26. The van der Waals surface area contributed by atoms with Crippen LogP contribution in [0.25, 0.3) is 0 Å². The molecule has 0 spiro atoms. The maximum atomic E-state index is 6.08. The molecule has 1 aromatic rings. The number of benzene rings is 1. The van der Waals surface area contributed by atoms with Gasteiger partial charge in [-0.15, -0.1) is 0 Å². The van der Waals surface area contributed by atoms with E-state index in [1.807, 2.05) is 0 Å². The lowest BCUT2D eigenvalue weighted by Gasteiger charge is -2.24. The second kappa shape index (κ2) is 7.82. The zero-order valence-electron chi connectivity index (χ0n) is 10.3. The summed E-state index contributed by atoms with van der Waals surface area (Å²) in [6.07, 6.45) is 2.48. The molecule has 0 aromatic heterocycles. The Kier molecular flexibility index (Phi) is 6.41. The fourth-order valence-corrected chi connectivity index (χ4v) is 3.10. The molecule has 2 rings (SSSR count). The van der Waals surface area contributed by atoms with Gasteiger partial charge in [0.05, 0.1) is 12.7 Å². The molecule has 0 N–H and O–H groups in total. The summed E-state index contributed by atoms with van der Waals surface area (Å²) in [6.45, 7) is 2.63. The van der Waals surface area contributed by atoms with Crippen LogP contribution in [-0.4, -0.2) is 24.2 Å². The summed E-state index contributed by atoms with van der Waals surface area (Å²) in [5.74, 6) is 0.666. The molecule has 1 fully saturated rings. The van der Waals surface area contributed by atoms with Crippen molar-refractivity contribution in [1.82, 2.24) is 0 Å². The Balaban J connectivity index is 1.86. The molecule has 0 saturated carbocycles. The van der Waals surface area contributed by atoms with Crippen molar-refractivity contribution in [2.75, 3.05) is 24.2 Å². The van der Waals surface area contributed by atoms with Gasteiger partial charge in [-0.05, 0) is 36.5 Å². The Morgan fingerprint density at radius 1 is 1.28 bits per heavy atom. The molecule has 1 aliphatic heterocycles. The molecule has 1 atom stereocenters. The van der Waals surface area contributed by atoms with Crippen LogP contribution in [0.2, 0.25) is 0 Å². The Hall–Kier alpha value is 0.350. The molecule has 1 heterocycles. The molecule has 1 unspecified atom stereocenters. The molecule has 100 valence electrons. The molecule has 2 nitrogen and oxygen atoms in total. The average Bonchev–Trinajstić information content (AvgIpc) is 2.42. The monoisotopic (exact) mass is 424 g/mol. The number of hydrogen-bond acceptors (Lipinski definition) is 2. The SMILES string of the molecule is Brc1ccc(C(CI)OCC2CCOCC2)cc1. The molecule has 1 aromatic carbocycles. The largest absolute Gasteiger partial charge is 0.381 e. The Bertz CT molecular complexity index is 349. The van der Waals surface area contributed by atoms with Gasteiger partial charge in [-0.1, -0.05) is 50.7 Å². The van der Waals surface area contributed by atoms with Crippen LogP contribution in [0.15, 0.2) is 28.7 Å². The number of halogens is 2. The quantitative estimate of drug-likeness (QED) is 0.516. The Morgan fingerprint density at radius 2 is 1.94 bits per heavy atom. The average molecular weight is 425 g/mol. The van der Waals surface area contributed by atoms with Crippen molar-refractivity contribution in [2.45, 2.75) is 18.9 Å². The lowest BCUT2D eigenvalue weighted by Crippen LogP contribution is -2.21. The first-order valence-electron chi connectivity index (χ1n) is 6.30. The molecular weight excluding hydrogens is 407 g/mol. The first-order valence-corrected chi connectivity index (χ1v) is 8.62. The normalized spacial score (nSPS) is 18.8. The van der Waals surface area contributed by atoms with E-state index in [-0.39, 0.29) is 6.10 Å². The molecular formula is C14H18BrIO2. The van der Waals surface area contributed by atoms with Gasteiger partial charge in [0.1, 0.15) is 0 Å². The molecule has 0 bridgehead atoms. The van der Waals surface area contributed by atoms with Gasteiger partial charge < -0.3 is 9.47 Å². The second-order valence-corrected chi connectivity index (χ2v) is 6.38. The van der Waals surface area contributed by atoms with Crippen molar-refractivity contribution in [3.05, 3.63) is 34.3 Å². The fraction of sp³-hybridized carbons (Fsp3) is 0.571. The second-order valence-electron chi connectivity index (χ2n) is 4.58. The Labute approximate surface area is 131 Å². The summed E-state index contributed by atoms with van der Waals surface area (Å²) in [6, 6.07) is 8.42. The van der Waals surface area contributed by atoms with E-state index in [0.717, 1.165) is 41.6 Å². The van der Waals surface area contributed by atoms with Crippen molar-refractivity contribution < 1.29 is 9.47 Å². The minimum absolute atomic E-state index is 0.210. The van der Waals surface area contributed by atoms with Crippen molar-refractivity contribution in [2.24, 2.45) is 5.92 Å². The van der Waals surface area contributed by atoms with Crippen molar-refractivity contribution in [3.8, 4) is 0 Å². The predicted octanol–water partition coefficient (Wildman–Crippen LogP) is 4.37. The van der Waals surface area contributed by atoms with Crippen LogP contribution in [0, 0.1) is 5.92 Å². The lowest BCUT2D eigenvalue weighted by atomic mass is 10.0. The summed E-state index contributed by atoms with van der Waals surface area (Å²) in [4.78, 5) is 0. The smallest absolute Gasteiger partial charge is 0.0914 e. The molecule has 4 heteroatoms. The van der Waals surface area contributed by atoms with Gasteiger partial charge in [-0.2, -0.15) is 0 Å². The first-order chi connectivity index (χ1) is 8.79. The van der Waals surface area contributed by atoms with Crippen LogP contribution in [-0.2, 0) is 9.47 Å². The van der Waals surface area contributed by atoms with E-state index in [1.54, 1.807) is 0 Å². The third-order valence-corrected chi connectivity index (χ3v) is 4.58. The van der Waals surface area contributed by atoms with Crippen molar-refractivity contribution in [1.29, 1.82) is 0 Å². The van der Waals surface area contributed by atoms with Crippen LogP contribution in [0.3, 0.4) is 0 Å². The summed E-state index contributed by atoms with van der Waals surface area (Å²) in [5, 5.41) is 0. The van der Waals surface area contributed by atoms with Gasteiger partial charge in [0.2, 0.25) is 0 Å². The first kappa shape index (κ1) is 14.8. The van der Waals surface area contributed by atoms with Gasteiger partial charge in [-0.25, -0.2) is 0 Å². The molecule has 1 aliphatic rings. The van der Waals surface area contributed by atoms with Gasteiger partial charge in [0.25, 0.3) is 0 Å². The molecule has 1 saturated heterocycles. The lowest BCUT2D eigenvalue weighted by molar-refractivity contribution is -0.00323. The van der Waals surface area contributed by atoms with Crippen LogP contribution < -0.4 is 0 Å². The van der Waals surface area contributed by atoms with E-state index < -0.39 is 0 Å². The van der Waals surface area contributed by atoms with Crippen molar-refractivity contribution in [3.63, 3.8) is 0 Å². The van der Waals surface area contributed by atoms with E-state index in [9.17, 15) is 0 Å². The summed E-state index contributed by atoms with van der Waals surface area (Å²) < 4.78 is 13.5. The van der Waals surface area contributed by atoms with E-state index in [2.05, 4.69) is 62.8 Å². The topological polar surface area (TPSA) is 18.5 Å². The van der Waals surface area contributed by atoms with E-state index in [0.29, 0.717) is 5.92 Å². The summed E-state index contributed by atoms with van der Waals surface area (Å²) in [5.41, 5.74) is 1.26. The van der Waals surface area contributed by atoms with Crippen LogP contribution in [0.4, 0.5) is 0 Å². The standard InChI is InChI=1S/C14H18BrIO2/c15-13-3-1-12(2-4-13)14(9-16)18-10-11-5-7-17-8-6-11/h1-4,11,14H,5-10H2. The number of rotatable bonds is 5. The number of hydrogen-bond donors (Lipinski definition) is 0. The minimum atomic E-state index is 0.210. The van der Waals surface area contributed by atoms with Crippen molar-refractivity contribution >= 4 is 38.5 Å². The number of ether oxygens (including phenoxy) is 2. The van der Waals surface area contributed by atoms with Gasteiger partial charge >= 0.3 is 0 Å². The van der Waals surface area contributed by atoms with E-state index in [1.165, 1.54) is 5.56 Å². The highest BCUT2D eigenvalue weighted by Gasteiger charge is 2.17. The Morgan fingerprint density at radius 3 is 2.56 bits per heavy atom. The molecule has 0 amide bonds. The maximum Gasteiger partial charge on any atom is 0.0914 e. The predicted molar refractivity (Wildman–Crippen MR) is 85.3 cm³/mol. The zero-order chi connectivity index (χ0) is 12.8. The van der Waals surface area contributed by atoms with E-state index >= 15 is 0 Å². The molecule has 18 heavy (non-hydrogen) atoms. The minimum Gasteiger partial charge on any atom is -0.381 e. The van der Waals surface area contributed by atoms with Crippen LogP contribution in [0.5, 0.6) is 0 Å². The van der Waals surface area contributed by atoms with Gasteiger partial charge in [0.15, 0.2) is 0 Å². The zero-order valence-corrected chi connectivity index (χ0v) is 14.0. The molecule has 0 radical (unpaired) electrons. The van der Waals surface area contributed by atoms with Gasteiger partial charge in [0, 0.05) is 22.1 Å². The van der Waals surface area contributed by atoms with Gasteiger partial charge in [-0.3, -0.25) is 0 Å². The number of alkyl halides is 1. The molecule has 0 aliphatic carbocycles. The van der Waals surface area contributed by atoms with E-state index in [4.69, 9.17) is 9.47 Å². The summed E-state index contributed by atoms with van der Waals surface area (Å²) in [7, 11) is 0. The highest BCUT2D eigenvalue weighted by atomic mass is 127. The van der Waals surface area contributed by atoms with Crippen LogP contribution in [0.1, 0.15) is 24.5 Å².